The van der Waals surface area contributed by atoms with Crippen LogP contribution in [0.1, 0.15) is 19.4 Å². The zero-order chi connectivity index (χ0) is 20.9. The van der Waals surface area contributed by atoms with Crippen LogP contribution in [0.3, 0.4) is 0 Å². The number of benzene rings is 2. The van der Waals surface area contributed by atoms with E-state index in [1.165, 1.54) is 14.0 Å². The van der Waals surface area contributed by atoms with Crippen LogP contribution in [-0.4, -0.2) is 39.4 Å². The van der Waals surface area contributed by atoms with Crippen LogP contribution in [0.15, 0.2) is 58.1 Å². The molecule has 0 saturated carbocycles. The number of amides is 1. The molecular formula is C19H22BrN3O4S. The molecule has 0 aliphatic carbocycles. The maximum absolute atomic E-state index is 12.6. The number of ether oxygens (including phenoxy) is 1. The normalized spacial score (nSPS) is 13.0. The van der Waals surface area contributed by atoms with Gasteiger partial charge in [0.05, 0.1) is 24.8 Å². The van der Waals surface area contributed by atoms with E-state index in [4.69, 9.17) is 4.74 Å². The van der Waals surface area contributed by atoms with E-state index in [1.54, 1.807) is 31.2 Å². The van der Waals surface area contributed by atoms with E-state index in [1.807, 2.05) is 24.3 Å². The lowest BCUT2D eigenvalue weighted by molar-refractivity contribution is -0.121. The monoisotopic (exact) mass is 467 g/mol. The number of anilines is 1. The molecule has 7 nitrogen and oxygen atoms in total. The fourth-order valence-electron chi connectivity index (χ4n) is 2.55. The number of hydrogen-bond donors (Lipinski definition) is 1. The highest BCUT2D eigenvalue weighted by molar-refractivity contribution is 9.10. The topological polar surface area (TPSA) is 88.1 Å². The van der Waals surface area contributed by atoms with Gasteiger partial charge in [0.1, 0.15) is 11.8 Å². The Morgan fingerprint density at radius 1 is 1.21 bits per heavy atom. The van der Waals surface area contributed by atoms with Crippen molar-refractivity contribution in [3.8, 4) is 5.75 Å². The molecule has 0 heterocycles. The van der Waals surface area contributed by atoms with E-state index in [9.17, 15) is 13.2 Å². The number of hydrazone groups is 1. The first-order valence-corrected chi connectivity index (χ1v) is 11.0. The van der Waals surface area contributed by atoms with Gasteiger partial charge in [-0.25, -0.2) is 13.8 Å². The number of carbonyl (C=O) groups excluding carboxylic acids is 1. The molecule has 0 spiro atoms. The second-order valence-electron chi connectivity index (χ2n) is 6.12. The van der Waals surface area contributed by atoms with E-state index in [-0.39, 0.29) is 0 Å². The molecule has 9 heteroatoms. The molecule has 2 aromatic carbocycles. The van der Waals surface area contributed by atoms with Crippen LogP contribution in [0, 0.1) is 0 Å². The number of hydrogen-bond acceptors (Lipinski definition) is 5. The zero-order valence-electron chi connectivity index (χ0n) is 16.0. The van der Waals surface area contributed by atoms with Gasteiger partial charge in [-0.15, -0.1) is 0 Å². The highest BCUT2D eigenvalue weighted by Crippen LogP contribution is 2.23. The lowest BCUT2D eigenvalue weighted by Crippen LogP contribution is -2.46. The number of sulfonamides is 1. The molecule has 28 heavy (non-hydrogen) atoms. The molecule has 150 valence electrons. The zero-order valence-corrected chi connectivity index (χ0v) is 18.4. The Hall–Kier alpha value is -2.39. The first kappa shape index (κ1) is 21.9. The third-order valence-electron chi connectivity index (χ3n) is 3.99. The van der Waals surface area contributed by atoms with Gasteiger partial charge in [-0.05, 0) is 55.8 Å². The van der Waals surface area contributed by atoms with Crippen LogP contribution in [0.25, 0.3) is 0 Å². The molecule has 2 rings (SSSR count). The molecular weight excluding hydrogens is 446 g/mol. The summed E-state index contributed by atoms with van der Waals surface area (Å²) in [5.41, 5.74) is 4.23. The van der Waals surface area contributed by atoms with Crippen LogP contribution in [0.2, 0.25) is 0 Å². The molecule has 0 radical (unpaired) electrons. The van der Waals surface area contributed by atoms with E-state index in [2.05, 4.69) is 26.5 Å². The maximum atomic E-state index is 12.6. The van der Waals surface area contributed by atoms with E-state index in [0.717, 1.165) is 20.6 Å². The van der Waals surface area contributed by atoms with E-state index < -0.39 is 22.0 Å². The Bertz CT molecular complexity index is 975. The molecule has 0 aromatic heterocycles. The molecule has 1 amide bonds. The van der Waals surface area contributed by atoms with Crippen molar-refractivity contribution >= 4 is 43.3 Å². The van der Waals surface area contributed by atoms with Gasteiger partial charge >= 0.3 is 0 Å². The smallest absolute Gasteiger partial charge is 0.263 e. The minimum Gasteiger partial charge on any atom is -0.497 e. The number of carbonyl (C=O) groups is 1. The summed E-state index contributed by atoms with van der Waals surface area (Å²) in [5.74, 6) is 0.0409. The Morgan fingerprint density at radius 2 is 1.86 bits per heavy atom. The van der Waals surface area contributed by atoms with Crippen molar-refractivity contribution in [2.24, 2.45) is 5.10 Å². The van der Waals surface area contributed by atoms with E-state index >= 15 is 0 Å². The summed E-state index contributed by atoms with van der Waals surface area (Å²) in [4.78, 5) is 12.6. The lowest BCUT2D eigenvalue weighted by atomic mass is 10.1. The molecule has 0 fully saturated rings. The highest BCUT2D eigenvalue weighted by atomic mass is 79.9. The molecule has 1 N–H and O–H groups in total. The first-order valence-electron chi connectivity index (χ1n) is 8.37. The van der Waals surface area contributed by atoms with Crippen LogP contribution in [0.4, 0.5) is 5.69 Å². The number of halogens is 1. The van der Waals surface area contributed by atoms with Crippen molar-refractivity contribution in [2.45, 2.75) is 19.9 Å². The van der Waals surface area contributed by atoms with Gasteiger partial charge in [-0.3, -0.25) is 9.10 Å². The van der Waals surface area contributed by atoms with Crippen molar-refractivity contribution in [3.05, 3.63) is 58.6 Å². The van der Waals surface area contributed by atoms with Crippen LogP contribution < -0.4 is 14.5 Å². The summed E-state index contributed by atoms with van der Waals surface area (Å²) in [7, 11) is -2.18. The Labute approximate surface area is 173 Å². The Balaban J connectivity index is 2.22. The molecule has 2 aromatic rings. The van der Waals surface area contributed by atoms with Crippen LogP contribution in [-0.2, 0) is 14.8 Å². The average Bonchev–Trinajstić information content (AvgIpc) is 2.65. The fourth-order valence-corrected chi connectivity index (χ4v) is 4.12. The largest absolute Gasteiger partial charge is 0.497 e. The standard InChI is InChI=1S/C19H22BrN3O4S/c1-13(15-6-5-7-16(20)12-15)21-22-19(24)14(2)23(28(4,25)26)17-8-10-18(27-3)11-9-17/h5-12,14H,1-4H3,(H,22,24)/b21-13-/t14-/m1/s1. The minimum atomic E-state index is -3.70. The van der Waals surface area contributed by atoms with Crippen LogP contribution >= 0.6 is 15.9 Å². The van der Waals surface area contributed by atoms with Gasteiger partial charge in [-0.2, -0.15) is 5.10 Å². The highest BCUT2D eigenvalue weighted by Gasteiger charge is 2.29. The van der Waals surface area contributed by atoms with Gasteiger partial charge in [-0.1, -0.05) is 28.1 Å². The van der Waals surface area contributed by atoms with E-state index in [0.29, 0.717) is 17.1 Å². The SMILES string of the molecule is COc1ccc(N([C@H](C)C(=O)N/N=C(/C)c2cccc(Br)c2)S(C)(=O)=O)cc1. The summed E-state index contributed by atoms with van der Waals surface area (Å²) in [6.45, 7) is 3.26. The van der Waals surface area contributed by atoms with Gasteiger partial charge in [0.2, 0.25) is 10.0 Å². The summed E-state index contributed by atoms with van der Waals surface area (Å²) in [6.07, 6.45) is 1.05. The van der Waals surface area contributed by atoms with Crippen molar-refractivity contribution < 1.29 is 17.9 Å². The van der Waals surface area contributed by atoms with Gasteiger partial charge in [0.25, 0.3) is 5.91 Å². The van der Waals surface area contributed by atoms with Crippen molar-refractivity contribution in [3.63, 3.8) is 0 Å². The van der Waals surface area contributed by atoms with Gasteiger partial charge in [0.15, 0.2) is 0 Å². The third-order valence-corrected chi connectivity index (χ3v) is 5.73. The molecule has 0 unspecified atom stereocenters. The molecule has 1 atom stereocenters. The molecule has 0 bridgehead atoms. The van der Waals surface area contributed by atoms with Gasteiger partial charge in [0, 0.05) is 4.47 Å². The Kier molecular flexibility index (Phi) is 7.20. The molecule has 0 saturated heterocycles. The second kappa shape index (κ2) is 9.20. The number of nitrogens with zero attached hydrogens (tertiary/aromatic N) is 2. The minimum absolute atomic E-state index is 0.360. The Morgan fingerprint density at radius 3 is 2.39 bits per heavy atom. The summed E-state index contributed by atoms with van der Waals surface area (Å²) in [6, 6.07) is 12.9. The van der Waals surface area contributed by atoms with Crippen LogP contribution in [0.5, 0.6) is 5.75 Å². The first-order chi connectivity index (χ1) is 13.1. The van der Waals surface area contributed by atoms with Crippen molar-refractivity contribution in [1.29, 1.82) is 0 Å². The predicted octanol–water partition coefficient (Wildman–Crippen LogP) is 3.15. The van der Waals surface area contributed by atoms with Crippen molar-refractivity contribution in [2.75, 3.05) is 17.7 Å². The predicted molar refractivity (Wildman–Crippen MR) is 114 cm³/mol. The second-order valence-corrected chi connectivity index (χ2v) is 8.89. The maximum Gasteiger partial charge on any atom is 0.263 e. The van der Waals surface area contributed by atoms with Crippen molar-refractivity contribution in [1.82, 2.24) is 5.43 Å². The number of methoxy groups -OCH3 is 1. The summed E-state index contributed by atoms with van der Waals surface area (Å²) < 4.78 is 31.6. The quantitative estimate of drug-likeness (QED) is 0.500. The van der Waals surface area contributed by atoms with Gasteiger partial charge < -0.3 is 4.74 Å². The summed E-state index contributed by atoms with van der Waals surface area (Å²) >= 11 is 3.39. The number of rotatable bonds is 7. The summed E-state index contributed by atoms with van der Waals surface area (Å²) in [5, 5.41) is 4.10. The molecule has 0 aliphatic rings. The molecule has 0 aliphatic heterocycles. The average molecular weight is 468 g/mol. The third kappa shape index (κ3) is 5.56. The number of nitrogens with one attached hydrogen (secondary N) is 1. The lowest BCUT2D eigenvalue weighted by Gasteiger charge is -2.27. The fraction of sp³-hybridized carbons (Fsp3) is 0.263.